The zero-order valence-corrected chi connectivity index (χ0v) is 10.2. The van der Waals surface area contributed by atoms with Gasteiger partial charge < -0.3 is 0 Å². The van der Waals surface area contributed by atoms with Crippen molar-refractivity contribution in [2.24, 2.45) is 4.99 Å². The summed E-state index contributed by atoms with van der Waals surface area (Å²) in [5, 5.41) is 0. The third kappa shape index (κ3) is 3.69. The minimum absolute atomic E-state index is 0.683. The highest BCUT2D eigenvalue weighted by Gasteiger charge is 1.97. The van der Waals surface area contributed by atoms with E-state index >= 15 is 0 Å². The molecule has 0 aromatic heterocycles. The second-order valence-corrected chi connectivity index (χ2v) is 4.21. The molecule has 0 spiro atoms. The lowest BCUT2D eigenvalue weighted by Gasteiger charge is -2.02. The van der Waals surface area contributed by atoms with Gasteiger partial charge in [-0.2, -0.15) is 4.99 Å². The van der Waals surface area contributed by atoms with Crippen LogP contribution in [0.5, 0.6) is 0 Å². The van der Waals surface area contributed by atoms with Gasteiger partial charge in [-0.1, -0.05) is 42.5 Å². The molecule has 0 radical (unpaired) electrons. The van der Waals surface area contributed by atoms with E-state index in [-0.39, 0.29) is 0 Å². The topological polar surface area (TPSA) is 29.4 Å². The number of isocyanates is 1. The Kier molecular flexibility index (Phi) is 4.46. The Morgan fingerprint density at radius 3 is 2.39 bits per heavy atom. The molecular weight excluding hydrogens is 222 g/mol. The fourth-order valence-electron chi connectivity index (χ4n) is 1.98. The first-order valence-electron chi connectivity index (χ1n) is 6.09. The van der Waals surface area contributed by atoms with Gasteiger partial charge in [0.15, 0.2) is 0 Å². The van der Waals surface area contributed by atoms with E-state index in [1.165, 1.54) is 11.1 Å². The summed E-state index contributed by atoms with van der Waals surface area (Å²) in [5.41, 5.74) is 3.25. The number of carbonyl (C=O) groups excluding carboxylic acids is 1. The normalized spacial score (nSPS) is 9.78. The monoisotopic (exact) mass is 237 g/mol. The van der Waals surface area contributed by atoms with Gasteiger partial charge in [-0.05, 0) is 42.5 Å². The minimum atomic E-state index is 0.683. The minimum Gasteiger partial charge on any atom is -0.211 e. The molecule has 2 aromatic rings. The van der Waals surface area contributed by atoms with Crippen molar-refractivity contribution >= 4 is 11.8 Å². The molecule has 0 heterocycles. The molecule has 0 aliphatic heterocycles. The number of hydrogen-bond donors (Lipinski definition) is 0. The van der Waals surface area contributed by atoms with Gasteiger partial charge in [-0.3, -0.25) is 0 Å². The Balaban J connectivity index is 1.90. The SMILES string of the molecule is O=C=Nc1cccc(CCCc2ccccc2)c1. The van der Waals surface area contributed by atoms with Crippen LogP contribution in [0.3, 0.4) is 0 Å². The second kappa shape index (κ2) is 6.53. The molecule has 0 unspecified atom stereocenters. The van der Waals surface area contributed by atoms with Crippen molar-refractivity contribution in [3.8, 4) is 0 Å². The first-order chi connectivity index (χ1) is 8.88. The molecule has 0 aliphatic carbocycles. The van der Waals surface area contributed by atoms with Crippen LogP contribution in [0.25, 0.3) is 0 Å². The lowest BCUT2D eigenvalue weighted by atomic mass is 10.0. The molecule has 0 saturated heterocycles. The Morgan fingerprint density at radius 1 is 0.889 bits per heavy atom. The smallest absolute Gasteiger partial charge is 0.211 e. The van der Waals surface area contributed by atoms with Crippen LogP contribution in [-0.4, -0.2) is 6.08 Å². The summed E-state index contributed by atoms with van der Waals surface area (Å²) in [6.45, 7) is 0. The fraction of sp³-hybridized carbons (Fsp3) is 0.188. The Labute approximate surface area is 107 Å². The molecule has 18 heavy (non-hydrogen) atoms. The van der Waals surface area contributed by atoms with Crippen molar-refractivity contribution in [1.82, 2.24) is 0 Å². The predicted octanol–water partition coefficient (Wildman–Crippen LogP) is 3.83. The van der Waals surface area contributed by atoms with Crippen molar-refractivity contribution < 1.29 is 4.79 Å². The second-order valence-electron chi connectivity index (χ2n) is 4.21. The summed E-state index contributed by atoms with van der Waals surface area (Å²) in [6.07, 6.45) is 4.73. The number of rotatable bonds is 5. The van der Waals surface area contributed by atoms with E-state index in [0.29, 0.717) is 5.69 Å². The molecule has 0 amide bonds. The lowest BCUT2D eigenvalue weighted by molar-refractivity contribution is 0.565. The number of aliphatic imine (C=N–C) groups is 1. The highest BCUT2D eigenvalue weighted by Crippen LogP contribution is 2.15. The quantitative estimate of drug-likeness (QED) is 0.574. The van der Waals surface area contributed by atoms with Gasteiger partial charge in [-0.25, -0.2) is 4.79 Å². The third-order valence-corrected chi connectivity index (χ3v) is 2.86. The zero-order chi connectivity index (χ0) is 12.6. The van der Waals surface area contributed by atoms with E-state index in [4.69, 9.17) is 0 Å². The van der Waals surface area contributed by atoms with Gasteiger partial charge in [0.25, 0.3) is 0 Å². The van der Waals surface area contributed by atoms with Crippen molar-refractivity contribution in [2.75, 3.05) is 0 Å². The van der Waals surface area contributed by atoms with Crippen LogP contribution in [0.4, 0.5) is 5.69 Å². The maximum absolute atomic E-state index is 10.2. The third-order valence-electron chi connectivity index (χ3n) is 2.86. The molecule has 90 valence electrons. The van der Waals surface area contributed by atoms with Gasteiger partial charge in [0.2, 0.25) is 6.08 Å². The molecule has 0 bridgehead atoms. The van der Waals surface area contributed by atoms with Crippen molar-refractivity contribution in [3.63, 3.8) is 0 Å². The predicted molar refractivity (Wildman–Crippen MR) is 72.7 cm³/mol. The standard InChI is InChI=1S/C16H15NO/c18-13-17-16-11-5-10-15(12-16)9-4-8-14-6-2-1-3-7-14/h1-3,5-7,10-12H,4,8-9H2. The van der Waals surface area contributed by atoms with Crippen LogP contribution in [0.1, 0.15) is 17.5 Å². The van der Waals surface area contributed by atoms with E-state index in [1.54, 1.807) is 6.08 Å². The molecule has 0 atom stereocenters. The first-order valence-corrected chi connectivity index (χ1v) is 6.09. The molecule has 2 rings (SSSR count). The van der Waals surface area contributed by atoms with Gasteiger partial charge in [0.1, 0.15) is 0 Å². The van der Waals surface area contributed by atoms with Gasteiger partial charge in [-0.15, -0.1) is 0 Å². The number of aryl methyl sites for hydroxylation is 2. The zero-order valence-electron chi connectivity index (χ0n) is 10.2. The summed E-state index contributed by atoms with van der Waals surface area (Å²) in [4.78, 5) is 13.8. The van der Waals surface area contributed by atoms with E-state index in [2.05, 4.69) is 35.3 Å². The molecular formula is C16H15NO. The van der Waals surface area contributed by atoms with Crippen LogP contribution in [0, 0.1) is 0 Å². The summed E-state index contributed by atoms with van der Waals surface area (Å²) < 4.78 is 0. The maximum atomic E-state index is 10.2. The maximum Gasteiger partial charge on any atom is 0.240 e. The summed E-state index contributed by atoms with van der Waals surface area (Å²) in [6, 6.07) is 18.2. The molecule has 2 heteroatoms. The first kappa shape index (κ1) is 12.3. The Hall–Kier alpha value is -2.18. The van der Waals surface area contributed by atoms with E-state index in [9.17, 15) is 4.79 Å². The molecule has 2 aromatic carbocycles. The average Bonchev–Trinajstić information content (AvgIpc) is 2.41. The largest absolute Gasteiger partial charge is 0.240 e. The van der Waals surface area contributed by atoms with E-state index in [1.807, 2.05) is 24.3 Å². The molecule has 0 saturated carbocycles. The van der Waals surface area contributed by atoms with Crippen molar-refractivity contribution in [3.05, 3.63) is 65.7 Å². The number of benzene rings is 2. The van der Waals surface area contributed by atoms with Gasteiger partial charge in [0.05, 0.1) is 5.69 Å². The summed E-state index contributed by atoms with van der Waals surface area (Å²) >= 11 is 0. The fourth-order valence-corrected chi connectivity index (χ4v) is 1.98. The summed E-state index contributed by atoms with van der Waals surface area (Å²) in [7, 11) is 0. The summed E-state index contributed by atoms with van der Waals surface area (Å²) in [5.74, 6) is 0. The highest BCUT2D eigenvalue weighted by atomic mass is 16.1. The van der Waals surface area contributed by atoms with Crippen LogP contribution in [0.2, 0.25) is 0 Å². The molecule has 0 fully saturated rings. The molecule has 2 nitrogen and oxygen atoms in total. The van der Waals surface area contributed by atoms with Crippen LogP contribution in [0.15, 0.2) is 59.6 Å². The molecule has 0 aliphatic rings. The lowest BCUT2D eigenvalue weighted by Crippen LogP contribution is -1.89. The number of hydrogen-bond acceptors (Lipinski definition) is 2. The average molecular weight is 237 g/mol. The number of nitrogens with zero attached hydrogens (tertiary/aromatic N) is 1. The van der Waals surface area contributed by atoms with Crippen molar-refractivity contribution in [2.45, 2.75) is 19.3 Å². The Bertz CT molecular complexity index is 542. The van der Waals surface area contributed by atoms with E-state index in [0.717, 1.165) is 19.3 Å². The van der Waals surface area contributed by atoms with Crippen LogP contribution in [-0.2, 0) is 17.6 Å². The van der Waals surface area contributed by atoms with Gasteiger partial charge in [0, 0.05) is 0 Å². The van der Waals surface area contributed by atoms with Crippen molar-refractivity contribution in [1.29, 1.82) is 0 Å². The van der Waals surface area contributed by atoms with Gasteiger partial charge >= 0.3 is 0 Å². The Morgan fingerprint density at radius 2 is 1.61 bits per heavy atom. The van der Waals surface area contributed by atoms with Crippen LogP contribution >= 0.6 is 0 Å². The van der Waals surface area contributed by atoms with E-state index < -0.39 is 0 Å². The highest BCUT2D eigenvalue weighted by molar-refractivity contribution is 5.49. The molecule has 0 N–H and O–H groups in total. The van der Waals surface area contributed by atoms with Crippen LogP contribution < -0.4 is 0 Å².